The van der Waals surface area contributed by atoms with E-state index in [0.29, 0.717) is 0 Å². The highest BCUT2D eigenvalue weighted by Crippen LogP contribution is 2.32. The Kier molecular flexibility index (Phi) is 1.92. The van der Waals surface area contributed by atoms with Gasteiger partial charge in [0, 0.05) is 17.8 Å². The maximum absolute atomic E-state index is 2.67. The molecular formula is C8H15NS. The Morgan fingerprint density at radius 3 is 3.10 bits per heavy atom. The van der Waals surface area contributed by atoms with Crippen LogP contribution in [-0.2, 0) is 0 Å². The van der Waals surface area contributed by atoms with Gasteiger partial charge in [-0.25, -0.2) is 0 Å². The van der Waals surface area contributed by atoms with Crippen molar-refractivity contribution < 1.29 is 0 Å². The van der Waals surface area contributed by atoms with Crippen LogP contribution in [0.15, 0.2) is 0 Å². The van der Waals surface area contributed by atoms with Crippen molar-refractivity contribution in [2.45, 2.75) is 30.6 Å². The smallest absolute Gasteiger partial charge is 0.0187 e. The summed E-state index contributed by atoms with van der Waals surface area (Å²) in [4.78, 5) is 2.67. The van der Waals surface area contributed by atoms with E-state index < -0.39 is 0 Å². The van der Waals surface area contributed by atoms with Gasteiger partial charge in [-0.3, -0.25) is 4.90 Å². The zero-order valence-corrected chi connectivity index (χ0v) is 7.36. The first-order valence-electron chi connectivity index (χ1n) is 4.17. The Morgan fingerprint density at radius 1 is 1.50 bits per heavy atom. The Hall–Kier alpha value is 0.310. The SMILES string of the molecule is CSC1CC2CCCN2C1. The van der Waals surface area contributed by atoms with Crippen LogP contribution < -0.4 is 0 Å². The second-order valence-electron chi connectivity index (χ2n) is 3.38. The molecule has 2 unspecified atom stereocenters. The van der Waals surface area contributed by atoms with Gasteiger partial charge in [-0.1, -0.05) is 0 Å². The highest BCUT2D eigenvalue weighted by molar-refractivity contribution is 7.99. The van der Waals surface area contributed by atoms with Crippen LogP contribution in [0.3, 0.4) is 0 Å². The number of nitrogens with zero attached hydrogens (tertiary/aromatic N) is 1. The molecule has 2 aliphatic rings. The lowest BCUT2D eigenvalue weighted by Gasteiger charge is -2.12. The van der Waals surface area contributed by atoms with E-state index in [1.54, 1.807) is 0 Å². The molecule has 0 bridgehead atoms. The molecule has 0 N–H and O–H groups in total. The average Bonchev–Trinajstić information content (AvgIpc) is 2.42. The normalized spacial score (nSPS) is 40.5. The number of hydrogen-bond donors (Lipinski definition) is 0. The van der Waals surface area contributed by atoms with Crippen LogP contribution in [0.4, 0.5) is 0 Å². The molecule has 0 aromatic rings. The quantitative estimate of drug-likeness (QED) is 0.568. The summed E-state index contributed by atoms with van der Waals surface area (Å²) < 4.78 is 0. The van der Waals surface area contributed by atoms with Crippen molar-refractivity contribution >= 4 is 11.8 Å². The molecule has 0 amide bonds. The number of rotatable bonds is 1. The van der Waals surface area contributed by atoms with Gasteiger partial charge in [-0.15, -0.1) is 0 Å². The van der Waals surface area contributed by atoms with Gasteiger partial charge in [-0.2, -0.15) is 11.8 Å². The summed E-state index contributed by atoms with van der Waals surface area (Å²) in [6.45, 7) is 2.74. The van der Waals surface area contributed by atoms with Gasteiger partial charge >= 0.3 is 0 Å². The van der Waals surface area contributed by atoms with Gasteiger partial charge in [-0.05, 0) is 32.1 Å². The van der Waals surface area contributed by atoms with E-state index in [2.05, 4.69) is 11.2 Å². The van der Waals surface area contributed by atoms with E-state index in [9.17, 15) is 0 Å². The molecule has 2 fully saturated rings. The van der Waals surface area contributed by atoms with Gasteiger partial charge in [0.1, 0.15) is 0 Å². The second kappa shape index (κ2) is 2.74. The van der Waals surface area contributed by atoms with Crippen molar-refractivity contribution in [3.8, 4) is 0 Å². The van der Waals surface area contributed by atoms with Gasteiger partial charge in [0.15, 0.2) is 0 Å². The highest BCUT2D eigenvalue weighted by Gasteiger charge is 2.34. The zero-order chi connectivity index (χ0) is 6.97. The molecule has 2 saturated heterocycles. The summed E-state index contributed by atoms with van der Waals surface area (Å²) in [5.74, 6) is 0. The number of hydrogen-bond acceptors (Lipinski definition) is 2. The van der Waals surface area contributed by atoms with Crippen LogP contribution in [0.25, 0.3) is 0 Å². The second-order valence-corrected chi connectivity index (χ2v) is 4.52. The molecule has 2 aliphatic heterocycles. The van der Waals surface area contributed by atoms with Crippen molar-refractivity contribution in [3.05, 3.63) is 0 Å². The monoisotopic (exact) mass is 157 g/mol. The summed E-state index contributed by atoms with van der Waals surface area (Å²) >= 11 is 2.05. The lowest BCUT2D eigenvalue weighted by atomic mass is 10.2. The third-order valence-electron chi connectivity index (χ3n) is 2.81. The minimum Gasteiger partial charge on any atom is -0.299 e. The van der Waals surface area contributed by atoms with Crippen molar-refractivity contribution in [2.75, 3.05) is 19.3 Å². The first-order chi connectivity index (χ1) is 4.90. The molecule has 1 nitrogen and oxygen atoms in total. The molecular weight excluding hydrogens is 142 g/mol. The number of fused-ring (bicyclic) bond motifs is 1. The Labute approximate surface area is 67.2 Å². The molecule has 0 saturated carbocycles. The molecule has 58 valence electrons. The third kappa shape index (κ3) is 1.08. The van der Waals surface area contributed by atoms with Crippen LogP contribution in [0.5, 0.6) is 0 Å². The van der Waals surface area contributed by atoms with Crippen molar-refractivity contribution in [3.63, 3.8) is 0 Å². The molecule has 0 spiro atoms. The van der Waals surface area contributed by atoms with Crippen molar-refractivity contribution in [2.24, 2.45) is 0 Å². The molecule has 0 aromatic carbocycles. The predicted molar refractivity (Wildman–Crippen MR) is 46.5 cm³/mol. The largest absolute Gasteiger partial charge is 0.299 e. The summed E-state index contributed by atoms with van der Waals surface area (Å²) in [5.41, 5.74) is 0. The molecule has 0 radical (unpaired) electrons. The molecule has 2 heterocycles. The number of thioether (sulfide) groups is 1. The van der Waals surface area contributed by atoms with E-state index in [-0.39, 0.29) is 0 Å². The zero-order valence-electron chi connectivity index (χ0n) is 6.55. The average molecular weight is 157 g/mol. The fourth-order valence-electron chi connectivity index (χ4n) is 2.21. The minimum absolute atomic E-state index is 0.949. The van der Waals surface area contributed by atoms with E-state index in [1.807, 2.05) is 11.8 Å². The van der Waals surface area contributed by atoms with Gasteiger partial charge in [0.25, 0.3) is 0 Å². The van der Waals surface area contributed by atoms with Crippen molar-refractivity contribution in [1.82, 2.24) is 4.90 Å². The Bertz CT molecular complexity index is 114. The molecule has 2 heteroatoms. The molecule has 0 aromatic heterocycles. The van der Waals surface area contributed by atoms with Crippen LogP contribution in [-0.4, -0.2) is 35.5 Å². The molecule has 10 heavy (non-hydrogen) atoms. The van der Waals surface area contributed by atoms with Crippen LogP contribution in [0, 0.1) is 0 Å². The van der Waals surface area contributed by atoms with Crippen LogP contribution >= 0.6 is 11.8 Å². The Morgan fingerprint density at radius 2 is 2.40 bits per heavy atom. The summed E-state index contributed by atoms with van der Waals surface area (Å²) in [6.07, 6.45) is 6.62. The van der Waals surface area contributed by atoms with Gasteiger partial charge in [0.2, 0.25) is 0 Å². The predicted octanol–water partition coefficient (Wildman–Crippen LogP) is 1.59. The van der Waals surface area contributed by atoms with E-state index in [0.717, 1.165) is 11.3 Å². The van der Waals surface area contributed by atoms with Gasteiger partial charge in [0.05, 0.1) is 0 Å². The minimum atomic E-state index is 0.949. The first kappa shape index (κ1) is 6.99. The summed E-state index contributed by atoms with van der Waals surface area (Å²) in [5, 5.41) is 0.949. The molecule has 2 atom stereocenters. The first-order valence-corrected chi connectivity index (χ1v) is 5.46. The lowest BCUT2D eigenvalue weighted by Crippen LogP contribution is -2.22. The standard InChI is InChI=1S/C8H15NS/c1-10-8-5-7-3-2-4-9(7)6-8/h7-8H,2-6H2,1H3. The highest BCUT2D eigenvalue weighted by atomic mass is 32.2. The lowest BCUT2D eigenvalue weighted by molar-refractivity contribution is 0.325. The summed E-state index contributed by atoms with van der Waals surface area (Å²) in [6, 6.07) is 0.970. The van der Waals surface area contributed by atoms with Crippen LogP contribution in [0.1, 0.15) is 19.3 Å². The van der Waals surface area contributed by atoms with E-state index in [1.165, 1.54) is 32.4 Å². The molecule has 0 aliphatic carbocycles. The van der Waals surface area contributed by atoms with Crippen molar-refractivity contribution in [1.29, 1.82) is 0 Å². The molecule has 2 rings (SSSR count). The fraction of sp³-hybridized carbons (Fsp3) is 1.00. The van der Waals surface area contributed by atoms with E-state index >= 15 is 0 Å². The Balaban J connectivity index is 1.94. The van der Waals surface area contributed by atoms with E-state index in [4.69, 9.17) is 0 Å². The maximum Gasteiger partial charge on any atom is 0.0187 e. The fourth-order valence-corrected chi connectivity index (χ4v) is 2.97. The topological polar surface area (TPSA) is 3.24 Å². The maximum atomic E-state index is 2.67. The van der Waals surface area contributed by atoms with Crippen LogP contribution in [0.2, 0.25) is 0 Å². The third-order valence-corrected chi connectivity index (χ3v) is 3.81. The van der Waals surface area contributed by atoms with Gasteiger partial charge < -0.3 is 0 Å². The summed E-state index contributed by atoms with van der Waals surface area (Å²) in [7, 11) is 0.